The van der Waals surface area contributed by atoms with Gasteiger partial charge in [0.15, 0.2) is 0 Å². The summed E-state index contributed by atoms with van der Waals surface area (Å²) >= 11 is 0. The summed E-state index contributed by atoms with van der Waals surface area (Å²) < 4.78 is 32.9. The zero-order chi connectivity index (χ0) is 23.2. The summed E-state index contributed by atoms with van der Waals surface area (Å²) in [5.74, 6) is -3.22. The molecule has 6 nitrogen and oxygen atoms in total. The number of carbonyl (C=O) groups is 2. The fourth-order valence-electron chi connectivity index (χ4n) is 3.84. The summed E-state index contributed by atoms with van der Waals surface area (Å²) in [6.07, 6.45) is -1.19. The first-order valence-electron chi connectivity index (χ1n) is 10.7. The molecule has 2 aromatic carbocycles. The van der Waals surface area contributed by atoms with Crippen molar-refractivity contribution in [1.29, 1.82) is 0 Å². The Bertz CT molecular complexity index is 910. The number of alkyl halides is 2. The molecule has 0 unspecified atom stereocenters. The Morgan fingerprint density at radius 3 is 2.22 bits per heavy atom. The van der Waals surface area contributed by atoms with E-state index in [0.29, 0.717) is 6.54 Å². The van der Waals surface area contributed by atoms with E-state index in [-0.39, 0.29) is 32.3 Å². The number of benzene rings is 2. The second-order valence-electron chi connectivity index (χ2n) is 8.26. The van der Waals surface area contributed by atoms with Crippen LogP contribution < -0.4 is 16.4 Å². The lowest BCUT2D eigenvalue weighted by molar-refractivity contribution is -0.127. The fourth-order valence-corrected chi connectivity index (χ4v) is 3.84. The van der Waals surface area contributed by atoms with Gasteiger partial charge in [-0.2, -0.15) is 0 Å². The average molecular weight is 446 g/mol. The first-order valence-corrected chi connectivity index (χ1v) is 10.7. The highest BCUT2D eigenvalue weighted by atomic mass is 19.3. The minimum Gasteiger partial charge on any atom is -0.445 e. The maximum absolute atomic E-state index is 13.9. The Morgan fingerprint density at radius 1 is 1.00 bits per heavy atom. The summed E-state index contributed by atoms with van der Waals surface area (Å²) in [6.45, 7) is 1.97. The minimum atomic E-state index is -2.75. The molecule has 2 aromatic rings. The lowest BCUT2D eigenvalue weighted by atomic mass is 9.75. The molecule has 2 amide bonds. The number of nitrogens with one attached hydrogen (secondary N) is 2. The highest BCUT2D eigenvalue weighted by molar-refractivity contribution is 5.86. The van der Waals surface area contributed by atoms with E-state index >= 15 is 0 Å². The van der Waals surface area contributed by atoms with Gasteiger partial charge in [0.05, 0.1) is 5.54 Å². The minimum absolute atomic E-state index is 0.0769. The SMILES string of the molecule is C[C@H](NC(=O)OCc1ccccc1)C(=O)NC1(c2ccc(CN)cc2)CCC(F)(F)CC1. The molecule has 32 heavy (non-hydrogen) atoms. The number of halogens is 2. The van der Waals surface area contributed by atoms with Gasteiger partial charge >= 0.3 is 6.09 Å². The number of hydrogen-bond acceptors (Lipinski definition) is 4. The fraction of sp³-hybridized carbons (Fsp3) is 0.417. The molecule has 0 aliphatic heterocycles. The molecule has 3 rings (SSSR count). The van der Waals surface area contributed by atoms with Crippen LogP contribution in [0.3, 0.4) is 0 Å². The van der Waals surface area contributed by atoms with Gasteiger partial charge in [0.1, 0.15) is 12.6 Å². The molecule has 0 saturated heterocycles. The summed E-state index contributed by atoms with van der Waals surface area (Å²) in [5.41, 5.74) is 7.20. The molecule has 1 saturated carbocycles. The topological polar surface area (TPSA) is 93.4 Å². The Labute approximate surface area is 186 Å². The molecule has 1 atom stereocenters. The van der Waals surface area contributed by atoms with Crippen LogP contribution in [0.1, 0.15) is 49.3 Å². The molecule has 172 valence electrons. The van der Waals surface area contributed by atoms with Gasteiger partial charge in [-0.3, -0.25) is 4.79 Å². The summed E-state index contributed by atoms with van der Waals surface area (Å²) in [6, 6.07) is 15.6. The highest BCUT2D eigenvalue weighted by Crippen LogP contribution is 2.44. The van der Waals surface area contributed by atoms with Crippen LogP contribution in [0.2, 0.25) is 0 Å². The maximum Gasteiger partial charge on any atom is 0.408 e. The van der Waals surface area contributed by atoms with Crippen molar-refractivity contribution < 1.29 is 23.1 Å². The zero-order valence-corrected chi connectivity index (χ0v) is 18.1. The van der Waals surface area contributed by atoms with E-state index in [1.807, 2.05) is 54.6 Å². The van der Waals surface area contributed by atoms with E-state index in [1.54, 1.807) is 0 Å². The Balaban J connectivity index is 1.65. The molecule has 4 N–H and O–H groups in total. The molecule has 8 heteroatoms. The first-order chi connectivity index (χ1) is 15.2. The maximum atomic E-state index is 13.9. The Hall–Kier alpha value is -3.00. The molecular weight excluding hydrogens is 416 g/mol. The molecule has 0 heterocycles. The average Bonchev–Trinajstić information content (AvgIpc) is 2.80. The van der Waals surface area contributed by atoms with Crippen molar-refractivity contribution in [2.75, 3.05) is 0 Å². The van der Waals surface area contributed by atoms with Gasteiger partial charge in [0.2, 0.25) is 11.8 Å². The van der Waals surface area contributed by atoms with Crippen LogP contribution in [-0.2, 0) is 28.2 Å². The molecule has 0 spiro atoms. The van der Waals surface area contributed by atoms with E-state index in [0.717, 1.165) is 16.7 Å². The van der Waals surface area contributed by atoms with E-state index in [2.05, 4.69) is 10.6 Å². The molecule has 0 radical (unpaired) electrons. The van der Waals surface area contributed by atoms with Crippen LogP contribution >= 0.6 is 0 Å². The second kappa shape index (κ2) is 10.1. The van der Waals surface area contributed by atoms with Gasteiger partial charge in [0, 0.05) is 19.4 Å². The number of ether oxygens (including phenoxy) is 1. The summed E-state index contributed by atoms with van der Waals surface area (Å²) in [4.78, 5) is 25.0. The lowest BCUT2D eigenvalue weighted by Crippen LogP contribution is -2.55. The number of rotatable bonds is 7. The number of nitrogens with two attached hydrogens (primary N) is 1. The summed E-state index contributed by atoms with van der Waals surface area (Å²) in [5, 5.41) is 5.43. The van der Waals surface area contributed by atoms with Gasteiger partial charge in [0.25, 0.3) is 0 Å². The third kappa shape index (κ3) is 6.03. The van der Waals surface area contributed by atoms with E-state index in [1.165, 1.54) is 6.92 Å². The van der Waals surface area contributed by atoms with Crippen molar-refractivity contribution in [2.45, 2.75) is 63.3 Å². The third-order valence-corrected chi connectivity index (χ3v) is 5.88. The molecule has 1 fully saturated rings. The van der Waals surface area contributed by atoms with Crippen LogP contribution in [0, 0.1) is 0 Å². The first kappa shape index (κ1) is 23.7. The lowest BCUT2D eigenvalue weighted by Gasteiger charge is -2.42. The molecule has 0 aromatic heterocycles. The zero-order valence-electron chi connectivity index (χ0n) is 18.1. The second-order valence-corrected chi connectivity index (χ2v) is 8.26. The van der Waals surface area contributed by atoms with E-state index in [4.69, 9.17) is 10.5 Å². The predicted molar refractivity (Wildman–Crippen MR) is 117 cm³/mol. The van der Waals surface area contributed by atoms with E-state index < -0.39 is 29.5 Å². The van der Waals surface area contributed by atoms with Crippen molar-refractivity contribution in [3.63, 3.8) is 0 Å². The standard InChI is InChI=1S/C24H29F2N3O3/c1-17(28-22(31)32-16-19-5-3-2-4-6-19)21(30)29-23(11-13-24(25,26)14-12-23)20-9-7-18(15-27)8-10-20/h2-10,17H,11-16,27H2,1H3,(H,28,31)(H,29,30)/t17-/m0/s1. The predicted octanol–water partition coefficient (Wildman–Crippen LogP) is 3.98. The van der Waals surface area contributed by atoms with Crippen molar-refractivity contribution in [2.24, 2.45) is 5.73 Å². The molecular formula is C24H29F2N3O3. The van der Waals surface area contributed by atoms with Crippen LogP contribution in [0.5, 0.6) is 0 Å². The van der Waals surface area contributed by atoms with Crippen LogP contribution in [0.4, 0.5) is 13.6 Å². The number of hydrogen-bond donors (Lipinski definition) is 3. The van der Waals surface area contributed by atoms with Crippen LogP contribution in [-0.4, -0.2) is 24.0 Å². The number of carbonyl (C=O) groups excluding carboxylic acids is 2. The summed E-state index contributed by atoms with van der Waals surface area (Å²) in [7, 11) is 0. The normalized spacial score (nSPS) is 17.8. The van der Waals surface area contributed by atoms with Gasteiger partial charge in [-0.25, -0.2) is 13.6 Å². The van der Waals surface area contributed by atoms with Crippen LogP contribution in [0.15, 0.2) is 54.6 Å². The van der Waals surface area contributed by atoms with Gasteiger partial charge in [-0.05, 0) is 36.5 Å². The van der Waals surface area contributed by atoms with Crippen molar-refractivity contribution >= 4 is 12.0 Å². The van der Waals surface area contributed by atoms with Crippen LogP contribution in [0.25, 0.3) is 0 Å². The van der Waals surface area contributed by atoms with Gasteiger partial charge < -0.3 is 21.1 Å². The van der Waals surface area contributed by atoms with Gasteiger partial charge in [-0.1, -0.05) is 54.6 Å². The van der Waals surface area contributed by atoms with Crippen molar-refractivity contribution in [3.8, 4) is 0 Å². The monoisotopic (exact) mass is 445 g/mol. The molecule has 0 bridgehead atoms. The smallest absolute Gasteiger partial charge is 0.408 e. The molecule has 1 aliphatic rings. The number of alkyl carbamates (subject to hydrolysis) is 1. The van der Waals surface area contributed by atoms with Crippen molar-refractivity contribution in [3.05, 3.63) is 71.3 Å². The highest BCUT2D eigenvalue weighted by Gasteiger charge is 2.45. The Kier molecular flexibility index (Phi) is 7.45. The van der Waals surface area contributed by atoms with Gasteiger partial charge in [-0.15, -0.1) is 0 Å². The molecule has 1 aliphatic carbocycles. The number of amides is 2. The quantitative estimate of drug-likeness (QED) is 0.601. The largest absolute Gasteiger partial charge is 0.445 e. The van der Waals surface area contributed by atoms with Crippen molar-refractivity contribution in [1.82, 2.24) is 10.6 Å². The third-order valence-electron chi connectivity index (χ3n) is 5.88. The Morgan fingerprint density at radius 2 is 1.62 bits per heavy atom. The van der Waals surface area contributed by atoms with E-state index in [9.17, 15) is 18.4 Å².